The Morgan fingerprint density at radius 3 is 2.27 bits per heavy atom. The van der Waals surface area contributed by atoms with Crippen LogP contribution in [-0.2, 0) is 11.2 Å². The number of para-hydroxylation sites is 1. The van der Waals surface area contributed by atoms with Crippen LogP contribution < -0.4 is 4.74 Å². The van der Waals surface area contributed by atoms with Crippen LogP contribution in [0.3, 0.4) is 0 Å². The van der Waals surface area contributed by atoms with Crippen molar-refractivity contribution in [3.63, 3.8) is 0 Å². The van der Waals surface area contributed by atoms with Crippen molar-refractivity contribution in [2.75, 3.05) is 19.7 Å². The van der Waals surface area contributed by atoms with Gasteiger partial charge in [0.05, 0.1) is 6.61 Å². The minimum Gasteiger partial charge on any atom is -0.457 e. The Bertz CT molecular complexity index is 912. The number of carbonyl (C=O) groups excluding carboxylic acids is 1. The van der Waals surface area contributed by atoms with E-state index in [2.05, 4.69) is 25.1 Å². The lowest BCUT2D eigenvalue weighted by Crippen LogP contribution is -2.36. The van der Waals surface area contributed by atoms with Crippen molar-refractivity contribution < 1.29 is 14.3 Å². The molecule has 30 heavy (non-hydrogen) atoms. The van der Waals surface area contributed by atoms with Crippen LogP contribution in [0.2, 0.25) is 0 Å². The fourth-order valence-electron chi connectivity index (χ4n) is 3.33. The summed E-state index contributed by atoms with van der Waals surface area (Å²) in [6, 6.07) is 28.0. The lowest BCUT2D eigenvalue weighted by atomic mass is 10.00. The zero-order valence-corrected chi connectivity index (χ0v) is 17.7. The molecule has 0 heterocycles. The summed E-state index contributed by atoms with van der Waals surface area (Å²) in [4.78, 5) is 14.3. The molecule has 3 aromatic rings. The first-order valence-corrected chi connectivity index (χ1v) is 10.4. The van der Waals surface area contributed by atoms with Gasteiger partial charge in [0.15, 0.2) is 0 Å². The van der Waals surface area contributed by atoms with E-state index in [4.69, 9.17) is 9.47 Å². The van der Waals surface area contributed by atoms with E-state index in [0.29, 0.717) is 19.7 Å². The van der Waals surface area contributed by atoms with Gasteiger partial charge in [-0.2, -0.15) is 0 Å². The molecule has 156 valence electrons. The summed E-state index contributed by atoms with van der Waals surface area (Å²) in [7, 11) is 0. The molecule has 1 unspecified atom stereocenters. The summed E-state index contributed by atoms with van der Waals surface area (Å²) in [5.74, 6) is 1.74. The van der Waals surface area contributed by atoms with E-state index < -0.39 is 0 Å². The molecule has 1 atom stereocenters. The fourth-order valence-corrected chi connectivity index (χ4v) is 3.33. The van der Waals surface area contributed by atoms with Crippen molar-refractivity contribution in [2.45, 2.75) is 26.2 Å². The fraction of sp³-hybridized carbons (Fsp3) is 0.269. The highest BCUT2D eigenvalue weighted by Crippen LogP contribution is 2.26. The molecule has 3 rings (SSSR count). The molecule has 0 bridgehead atoms. The number of hydrogen-bond acceptors (Lipinski definition) is 3. The van der Waals surface area contributed by atoms with Crippen LogP contribution in [-0.4, -0.2) is 30.7 Å². The molecule has 4 nitrogen and oxygen atoms in total. The van der Waals surface area contributed by atoms with Gasteiger partial charge in [-0.15, -0.1) is 0 Å². The second kappa shape index (κ2) is 11.1. The molecule has 0 aliphatic rings. The van der Waals surface area contributed by atoms with Crippen molar-refractivity contribution in [3.8, 4) is 11.5 Å². The largest absolute Gasteiger partial charge is 0.457 e. The van der Waals surface area contributed by atoms with Crippen molar-refractivity contribution in [3.05, 3.63) is 96.1 Å². The first-order chi connectivity index (χ1) is 14.7. The maximum Gasteiger partial charge on any atom is 0.409 e. The molecule has 4 heteroatoms. The lowest BCUT2D eigenvalue weighted by Gasteiger charge is -2.25. The van der Waals surface area contributed by atoms with Crippen LogP contribution in [0.4, 0.5) is 4.79 Å². The highest BCUT2D eigenvalue weighted by molar-refractivity contribution is 5.67. The summed E-state index contributed by atoms with van der Waals surface area (Å²) in [6.07, 6.45) is 0.528. The van der Waals surface area contributed by atoms with Crippen LogP contribution in [0.15, 0.2) is 84.9 Å². The van der Waals surface area contributed by atoms with Crippen molar-refractivity contribution in [1.82, 2.24) is 4.90 Å². The molecule has 0 saturated carbocycles. The summed E-state index contributed by atoms with van der Waals surface area (Å²) in [5, 5.41) is 0. The predicted octanol–water partition coefficient (Wildman–Crippen LogP) is 6.28. The molecule has 0 fully saturated rings. The quantitative estimate of drug-likeness (QED) is 0.422. The van der Waals surface area contributed by atoms with Gasteiger partial charge in [-0.25, -0.2) is 4.79 Å². The third-order valence-electron chi connectivity index (χ3n) is 4.94. The summed E-state index contributed by atoms with van der Waals surface area (Å²) >= 11 is 0. The van der Waals surface area contributed by atoms with Gasteiger partial charge >= 0.3 is 6.09 Å². The van der Waals surface area contributed by atoms with Gasteiger partial charge in [-0.3, -0.25) is 0 Å². The number of amides is 1. The van der Waals surface area contributed by atoms with E-state index in [1.165, 1.54) is 5.56 Å². The van der Waals surface area contributed by atoms with Crippen molar-refractivity contribution in [1.29, 1.82) is 0 Å². The average molecular weight is 404 g/mol. The van der Waals surface area contributed by atoms with Crippen LogP contribution in [0.1, 0.15) is 30.9 Å². The predicted molar refractivity (Wildman–Crippen MR) is 120 cm³/mol. The van der Waals surface area contributed by atoms with Gasteiger partial charge in [0.25, 0.3) is 0 Å². The number of nitrogens with zero attached hydrogens (tertiary/aromatic N) is 1. The highest BCUT2D eigenvalue weighted by Gasteiger charge is 2.19. The van der Waals surface area contributed by atoms with Crippen LogP contribution in [0.5, 0.6) is 11.5 Å². The van der Waals surface area contributed by atoms with Crippen LogP contribution >= 0.6 is 0 Å². The Morgan fingerprint density at radius 1 is 0.900 bits per heavy atom. The van der Waals surface area contributed by atoms with E-state index in [1.54, 1.807) is 4.90 Å². The maximum absolute atomic E-state index is 12.5. The minimum absolute atomic E-state index is 0.143. The molecule has 1 amide bonds. The zero-order valence-electron chi connectivity index (χ0n) is 17.7. The van der Waals surface area contributed by atoms with Gasteiger partial charge in [0.2, 0.25) is 0 Å². The summed E-state index contributed by atoms with van der Waals surface area (Å²) in [5.41, 5.74) is 2.33. The van der Waals surface area contributed by atoms with Crippen LogP contribution in [0.25, 0.3) is 0 Å². The molecule has 0 aliphatic heterocycles. The molecular weight excluding hydrogens is 374 g/mol. The third-order valence-corrected chi connectivity index (χ3v) is 4.94. The SMILES string of the molecule is CCOC(=O)N(CCc1ccccc1)CC(C)c1cccc(Oc2ccccc2)c1. The monoisotopic (exact) mass is 403 g/mol. The number of hydrogen-bond donors (Lipinski definition) is 0. The molecule has 0 saturated heterocycles. The lowest BCUT2D eigenvalue weighted by molar-refractivity contribution is 0.105. The van der Waals surface area contributed by atoms with Gasteiger partial charge < -0.3 is 14.4 Å². The van der Waals surface area contributed by atoms with E-state index in [9.17, 15) is 4.79 Å². The minimum atomic E-state index is -0.267. The summed E-state index contributed by atoms with van der Waals surface area (Å²) < 4.78 is 11.3. The average Bonchev–Trinajstić information content (AvgIpc) is 2.78. The first-order valence-electron chi connectivity index (χ1n) is 10.4. The maximum atomic E-state index is 12.5. The Hall–Kier alpha value is -3.27. The molecule has 3 aromatic carbocycles. The zero-order chi connectivity index (χ0) is 21.2. The molecular formula is C26H29NO3. The highest BCUT2D eigenvalue weighted by atomic mass is 16.6. The second-order valence-electron chi connectivity index (χ2n) is 7.27. The van der Waals surface area contributed by atoms with E-state index in [1.807, 2.05) is 73.7 Å². The third kappa shape index (κ3) is 6.38. The Morgan fingerprint density at radius 2 is 1.57 bits per heavy atom. The topological polar surface area (TPSA) is 38.8 Å². The molecule has 0 aromatic heterocycles. The first kappa shape index (κ1) is 21.4. The number of ether oxygens (including phenoxy) is 2. The Kier molecular flexibility index (Phi) is 7.90. The van der Waals surface area contributed by atoms with Crippen LogP contribution in [0, 0.1) is 0 Å². The number of carbonyl (C=O) groups is 1. The van der Waals surface area contributed by atoms with Crippen molar-refractivity contribution in [2.24, 2.45) is 0 Å². The molecule has 0 radical (unpaired) electrons. The molecule has 0 aliphatic carbocycles. The standard InChI is InChI=1S/C26H29NO3/c1-3-29-26(28)27(18-17-22-11-6-4-7-12-22)20-21(2)23-13-10-16-25(19-23)30-24-14-8-5-9-15-24/h4-16,19,21H,3,17-18,20H2,1-2H3. The molecule has 0 N–H and O–H groups in total. The smallest absolute Gasteiger partial charge is 0.409 e. The van der Waals surface area contributed by atoms with Gasteiger partial charge in [-0.1, -0.05) is 67.6 Å². The van der Waals surface area contributed by atoms with E-state index in [-0.39, 0.29) is 12.0 Å². The Balaban J connectivity index is 1.67. The normalized spacial score (nSPS) is 11.5. The van der Waals surface area contributed by atoms with Gasteiger partial charge in [0.1, 0.15) is 11.5 Å². The second-order valence-corrected chi connectivity index (χ2v) is 7.27. The van der Waals surface area contributed by atoms with Gasteiger partial charge in [-0.05, 0) is 54.7 Å². The van der Waals surface area contributed by atoms with E-state index in [0.717, 1.165) is 23.5 Å². The number of rotatable bonds is 9. The van der Waals surface area contributed by atoms with E-state index >= 15 is 0 Å². The summed E-state index contributed by atoms with van der Waals surface area (Å²) in [6.45, 7) is 5.53. The van der Waals surface area contributed by atoms with Crippen molar-refractivity contribution >= 4 is 6.09 Å². The van der Waals surface area contributed by atoms with Gasteiger partial charge in [0, 0.05) is 13.1 Å². The molecule has 0 spiro atoms. The Labute approximate surface area is 179 Å². The number of benzene rings is 3.